The summed E-state index contributed by atoms with van der Waals surface area (Å²) >= 11 is 0. The van der Waals surface area contributed by atoms with Crippen LogP contribution in [0, 0.1) is 12.8 Å². The number of hydrogen-bond acceptors (Lipinski definition) is 4. The van der Waals surface area contributed by atoms with Crippen LogP contribution in [0.5, 0.6) is 0 Å². The average molecular weight is 285 g/mol. The smallest absolute Gasteiger partial charge is 0.129 e. The van der Waals surface area contributed by atoms with E-state index in [-0.39, 0.29) is 0 Å². The summed E-state index contributed by atoms with van der Waals surface area (Å²) in [7, 11) is 0. The van der Waals surface area contributed by atoms with Crippen LogP contribution in [0.25, 0.3) is 11.4 Å². The molecule has 0 spiro atoms. The van der Waals surface area contributed by atoms with Gasteiger partial charge in [0.05, 0.1) is 11.4 Å². The molecule has 3 heterocycles. The van der Waals surface area contributed by atoms with E-state index in [2.05, 4.69) is 28.4 Å². The molecule has 0 amide bonds. The highest BCUT2D eigenvalue weighted by molar-refractivity contribution is 5.54. The predicted octanol–water partition coefficient (Wildman–Crippen LogP) is 2.21. The van der Waals surface area contributed by atoms with E-state index in [1.165, 1.54) is 12.8 Å². The highest BCUT2D eigenvalue weighted by Crippen LogP contribution is 2.20. The van der Waals surface area contributed by atoms with E-state index in [1.54, 1.807) is 0 Å². The maximum absolute atomic E-state index is 4.79. The van der Waals surface area contributed by atoms with Gasteiger partial charge < -0.3 is 5.32 Å². The second kappa shape index (κ2) is 6.35. The molecule has 2 aromatic rings. The average Bonchev–Trinajstić information content (AvgIpc) is 2.96. The molecule has 0 saturated carbocycles. The third-order valence-electron chi connectivity index (χ3n) is 4.11. The molecule has 0 aromatic carbocycles. The Kier molecular flexibility index (Phi) is 4.29. The van der Waals surface area contributed by atoms with Gasteiger partial charge in [-0.2, -0.15) is 5.10 Å². The number of nitrogens with one attached hydrogen (secondary N) is 1. The van der Waals surface area contributed by atoms with Gasteiger partial charge in [-0.25, -0.2) is 9.97 Å². The van der Waals surface area contributed by atoms with Crippen molar-refractivity contribution in [3.05, 3.63) is 29.8 Å². The minimum Gasteiger partial charge on any atom is -0.317 e. The van der Waals surface area contributed by atoms with Gasteiger partial charge in [-0.1, -0.05) is 0 Å². The third kappa shape index (κ3) is 3.29. The lowest BCUT2D eigenvalue weighted by molar-refractivity contribution is 0.367. The van der Waals surface area contributed by atoms with Crippen LogP contribution in [0.3, 0.4) is 0 Å². The van der Waals surface area contributed by atoms with Crippen LogP contribution in [-0.4, -0.2) is 32.8 Å². The van der Waals surface area contributed by atoms with E-state index in [4.69, 9.17) is 4.98 Å². The standard InChI is InChI=1S/C16H23N5/c1-3-21-15(6-9-18-21)14-10-12(2)19-16(20-14)11-13-4-7-17-8-5-13/h6,9-10,13,17H,3-5,7-8,11H2,1-2H3. The third-order valence-corrected chi connectivity index (χ3v) is 4.11. The molecule has 0 atom stereocenters. The second-order valence-electron chi connectivity index (χ2n) is 5.74. The molecule has 21 heavy (non-hydrogen) atoms. The van der Waals surface area contributed by atoms with Crippen molar-refractivity contribution in [3.8, 4) is 11.4 Å². The minimum absolute atomic E-state index is 0.706. The molecule has 0 bridgehead atoms. The lowest BCUT2D eigenvalue weighted by Gasteiger charge is -2.22. The van der Waals surface area contributed by atoms with Gasteiger partial charge in [0.15, 0.2) is 0 Å². The van der Waals surface area contributed by atoms with E-state index >= 15 is 0 Å². The zero-order valence-electron chi connectivity index (χ0n) is 12.8. The van der Waals surface area contributed by atoms with Crippen LogP contribution in [0.2, 0.25) is 0 Å². The maximum atomic E-state index is 4.79. The van der Waals surface area contributed by atoms with Crippen molar-refractivity contribution in [3.63, 3.8) is 0 Å². The first kappa shape index (κ1) is 14.2. The summed E-state index contributed by atoms with van der Waals surface area (Å²) in [5, 5.41) is 7.74. The largest absolute Gasteiger partial charge is 0.317 e. The Bertz CT molecular complexity index is 598. The molecule has 1 aliphatic heterocycles. The Morgan fingerprint density at radius 1 is 1.29 bits per heavy atom. The Morgan fingerprint density at radius 3 is 2.86 bits per heavy atom. The molecule has 3 rings (SSSR count). The molecule has 0 radical (unpaired) electrons. The minimum atomic E-state index is 0.706. The van der Waals surface area contributed by atoms with Crippen LogP contribution in [0.1, 0.15) is 31.3 Å². The fourth-order valence-electron chi connectivity index (χ4n) is 3.00. The molecule has 5 heteroatoms. The Balaban J connectivity index is 1.85. The van der Waals surface area contributed by atoms with E-state index in [9.17, 15) is 0 Å². The van der Waals surface area contributed by atoms with E-state index < -0.39 is 0 Å². The number of aromatic nitrogens is 4. The molecular weight excluding hydrogens is 262 g/mol. The topological polar surface area (TPSA) is 55.6 Å². The molecule has 1 aliphatic rings. The molecule has 0 unspecified atom stereocenters. The van der Waals surface area contributed by atoms with Gasteiger partial charge in [-0.3, -0.25) is 4.68 Å². The van der Waals surface area contributed by atoms with Crippen molar-refractivity contribution in [2.75, 3.05) is 13.1 Å². The normalized spacial score (nSPS) is 16.3. The Morgan fingerprint density at radius 2 is 2.10 bits per heavy atom. The lowest BCUT2D eigenvalue weighted by Crippen LogP contribution is -2.29. The van der Waals surface area contributed by atoms with Crippen molar-refractivity contribution in [2.45, 2.75) is 39.7 Å². The second-order valence-corrected chi connectivity index (χ2v) is 5.74. The van der Waals surface area contributed by atoms with Crippen molar-refractivity contribution < 1.29 is 0 Å². The molecule has 1 N–H and O–H groups in total. The first-order chi connectivity index (χ1) is 10.3. The molecule has 0 aliphatic carbocycles. The van der Waals surface area contributed by atoms with Crippen molar-refractivity contribution in [2.24, 2.45) is 5.92 Å². The molecule has 5 nitrogen and oxygen atoms in total. The molecule has 112 valence electrons. The van der Waals surface area contributed by atoms with Crippen molar-refractivity contribution >= 4 is 0 Å². The summed E-state index contributed by atoms with van der Waals surface area (Å²) in [5.41, 5.74) is 3.10. The zero-order valence-corrected chi connectivity index (χ0v) is 12.8. The van der Waals surface area contributed by atoms with Gasteiger partial charge in [0, 0.05) is 24.9 Å². The summed E-state index contributed by atoms with van der Waals surface area (Å²) in [6, 6.07) is 4.08. The fourth-order valence-corrected chi connectivity index (χ4v) is 3.00. The van der Waals surface area contributed by atoms with Gasteiger partial charge >= 0.3 is 0 Å². The highest BCUT2D eigenvalue weighted by Gasteiger charge is 2.16. The number of hydrogen-bond donors (Lipinski definition) is 1. The van der Waals surface area contributed by atoms with Gasteiger partial charge in [0.2, 0.25) is 0 Å². The first-order valence-electron chi connectivity index (χ1n) is 7.83. The molecular formula is C16H23N5. The summed E-state index contributed by atoms with van der Waals surface area (Å²) in [5.74, 6) is 1.68. The molecule has 1 saturated heterocycles. The number of rotatable bonds is 4. The quantitative estimate of drug-likeness (QED) is 0.936. The van der Waals surface area contributed by atoms with Gasteiger partial charge in [0.25, 0.3) is 0 Å². The van der Waals surface area contributed by atoms with Crippen molar-refractivity contribution in [1.82, 2.24) is 25.1 Å². The first-order valence-corrected chi connectivity index (χ1v) is 7.83. The lowest BCUT2D eigenvalue weighted by atomic mass is 9.94. The van der Waals surface area contributed by atoms with Crippen LogP contribution in [0.4, 0.5) is 0 Å². The fraction of sp³-hybridized carbons (Fsp3) is 0.562. The number of nitrogens with zero attached hydrogens (tertiary/aromatic N) is 4. The maximum Gasteiger partial charge on any atom is 0.129 e. The summed E-state index contributed by atoms with van der Waals surface area (Å²) < 4.78 is 1.98. The SMILES string of the molecule is CCn1nccc1-c1cc(C)nc(CC2CCNCC2)n1. The highest BCUT2D eigenvalue weighted by atomic mass is 15.3. The number of aryl methyl sites for hydroxylation is 2. The summed E-state index contributed by atoms with van der Waals surface area (Å²) in [6.07, 6.45) is 5.26. The van der Waals surface area contributed by atoms with E-state index in [0.717, 1.165) is 49.0 Å². The van der Waals surface area contributed by atoms with Gasteiger partial charge in [0.1, 0.15) is 5.82 Å². The van der Waals surface area contributed by atoms with Crippen LogP contribution in [-0.2, 0) is 13.0 Å². The zero-order chi connectivity index (χ0) is 14.7. The predicted molar refractivity (Wildman–Crippen MR) is 83.0 cm³/mol. The molecule has 2 aromatic heterocycles. The van der Waals surface area contributed by atoms with Gasteiger partial charge in [-0.05, 0) is 57.8 Å². The Labute approximate surface area is 125 Å². The Hall–Kier alpha value is -1.75. The summed E-state index contributed by atoms with van der Waals surface area (Å²) in [4.78, 5) is 9.42. The number of piperidine rings is 1. The van der Waals surface area contributed by atoms with Gasteiger partial charge in [-0.15, -0.1) is 0 Å². The van der Waals surface area contributed by atoms with E-state index in [0.29, 0.717) is 5.92 Å². The molecule has 1 fully saturated rings. The van der Waals surface area contributed by atoms with Crippen LogP contribution in [0.15, 0.2) is 18.3 Å². The van der Waals surface area contributed by atoms with Crippen LogP contribution >= 0.6 is 0 Å². The summed E-state index contributed by atoms with van der Waals surface area (Å²) in [6.45, 7) is 7.23. The van der Waals surface area contributed by atoms with Crippen LogP contribution < -0.4 is 5.32 Å². The van der Waals surface area contributed by atoms with E-state index in [1.807, 2.05) is 23.9 Å². The van der Waals surface area contributed by atoms with Crippen molar-refractivity contribution in [1.29, 1.82) is 0 Å². The monoisotopic (exact) mass is 285 g/mol.